The van der Waals surface area contributed by atoms with Crippen molar-refractivity contribution in [3.8, 4) is 11.5 Å². The molecule has 2 bridgehead atoms. The van der Waals surface area contributed by atoms with Gasteiger partial charge in [-0.25, -0.2) is 0 Å². The summed E-state index contributed by atoms with van der Waals surface area (Å²) in [5.74, 6) is 0.273. The van der Waals surface area contributed by atoms with E-state index in [9.17, 15) is 10.2 Å². The third-order valence-corrected chi connectivity index (χ3v) is 5.31. The summed E-state index contributed by atoms with van der Waals surface area (Å²) in [6.45, 7) is 6.90. The lowest BCUT2D eigenvalue weighted by Gasteiger charge is -2.43. The number of rotatable bonds is 5. The number of fused-ring (bicyclic) bond motifs is 2. The predicted molar refractivity (Wildman–Crippen MR) is 98.7 cm³/mol. The maximum absolute atomic E-state index is 9.92. The lowest BCUT2D eigenvalue weighted by atomic mass is 9.91. The number of allylic oxidation sites excluding steroid dienone is 2. The van der Waals surface area contributed by atoms with Crippen molar-refractivity contribution in [1.29, 1.82) is 0 Å². The Balaban J connectivity index is 1.69. The molecule has 136 valence electrons. The highest BCUT2D eigenvalue weighted by molar-refractivity contribution is 5.59. The van der Waals surface area contributed by atoms with Gasteiger partial charge in [-0.15, -0.1) is 0 Å². The van der Waals surface area contributed by atoms with Crippen LogP contribution in [0.5, 0.6) is 11.5 Å². The first-order chi connectivity index (χ1) is 11.8. The van der Waals surface area contributed by atoms with Gasteiger partial charge in [-0.3, -0.25) is 0 Å². The molecule has 2 heterocycles. The zero-order chi connectivity index (χ0) is 18.1. The average Bonchev–Trinajstić information content (AvgIpc) is 2.94. The summed E-state index contributed by atoms with van der Waals surface area (Å²) in [5.41, 5.74) is 1.24. The molecule has 3 atom stereocenters. The molecule has 1 aromatic carbocycles. The van der Waals surface area contributed by atoms with E-state index in [0.717, 1.165) is 25.7 Å². The molecule has 2 aliphatic heterocycles. The molecule has 2 aliphatic rings. The van der Waals surface area contributed by atoms with Crippen molar-refractivity contribution in [3.63, 3.8) is 0 Å². The molecule has 0 aromatic heterocycles. The van der Waals surface area contributed by atoms with Crippen molar-refractivity contribution < 1.29 is 19.7 Å². The van der Waals surface area contributed by atoms with Gasteiger partial charge in [-0.2, -0.15) is 0 Å². The number of ether oxygens (including phenoxy) is 2. The SMILES string of the molecule is CC(C)=CCCC1(C)OCC2(C=Cc3cc(O)ccc3O)CCC1O2. The van der Waals surface area contributed by atoms with Gasteiger partial charge in [-0.05, 0) is 70.7 Å². The Morgan fingerprint density at radius 2 is 2.12 bits per heavy atom. The highest BCUT2D eigenvalue weighted by atomic mass is 16.6. The predicted octanol–water partition coefficient (Wildman–Crippen LogP) is 4.56. The van der Waals surface area contributed by atoms with Crippen LogP contribution in [0.3, 0.4) is 0 Å². The van der Waals surface area contributed by atoms with Gasteiger partial charge < -0.3 is 19.7 Å². The monoisotopic (exact) mass is 344 g/mol. The second-order valence-electron chi connectivity index (χ2n) is 7.71. The zero-order valence-electron chi connectivity index (χ0n) is 15.3. The summed E-state index contributed by atoms with van der Waals surface area (Å²) >= 11 is 0. The molecule has 4 nitrogen and oxygen atoms in total. The quantitative estimate of drug-likeness (QED) is 0.607. The summed E-state index contributed by atoms with van der Waals surface area (Å²) in [6, 6.07) is 4.50. The van der Waals surface area contributed by atoms with Crippen molar-refractivity contribution in [2.75, 3.05) is 6.61 Å². The van der Waals surface area contributed by atoms with Crippen LogP contribution >= 0.6 is 0 Å². The minimum Gasteiger partial charge on any atom is -0.508 e. The lowest BCUT2D eigenvalue weighted by molar-refractivity contribution is -0.224. The summed E-state index contributed by atoms with van der Waals surface area (Å²) in [5, 5.41) is 19.5. The van der Waals surface area contributed by atoms with Gasteiger partial charge in [0.2, 0.25) is 0 Å². The van der Waals surface area contributed by atoms with Gasteiger partial charge in [0.25, 0.3) is 0 Å². The van der Waals surface area contributed by atoms with Crippen LogP contribution in [0.2, 0.25) is 0 Å². The van der Waals surface area contributed by atoms with E-state index >= 15 is 0 Å². The number of phenols is 2. The Kier molecular flexibility index (Phi) is 4.94. The molecule has 25 heavy (non-hydrogen) atoms. The molecule has 2 fully saturated rings. The average molecular weight is 344 g/mol. The molecule has 0 aliphatic carbocycles. The molecule has 0 radical (unpaired) electrons. The molecule has 2 saturated heterocycles. The molecule has 3 rings (SSSR count). The molecule has 0 saturated carbocycles. The smallest absolute Gasteiger partial charge is 0.123 e. The molecule has 4 heteroatoms. The van der Waals surface area contributed by atoms with E-state index in [2.05, 4.69) is 26.8 Å². The van der Waals surface area contributed by atoms with Crippen LogP contribution in [0.15, 0.2) is 35.9 Å². The van der Waals surface area contributed by atoms with Crippen molar-refractivity contribution in [3.05, 3.63) is 41.5 Å². The van der Waals surface area contributed by atoms with Gasteiger partial charge in [0.1, 0.15) is 17.1 Å². The maximum Gasteiger partial charge on any atom is 0.123 e. The fraction of sp³-hybridized carbons (Fsp3) is 0.524. The number of benzene rings is 1. The normalized spacial score (nSPS) is 31.4. The number of phenolic OH excluding ortho intramolecular Hbond substituents is 2. The van der Waals surface area contributed by atoms with E-state index in [1.54, 1.807) is 6.07 Å². The summed E-state index contributed by atoms with van der Waals surface area (Å²) in [7, 11) is 0. The van der Waals surface area contributed by atoms with Gasteiger partial charge >= 0.3 is 0 Å². The Bertz CT molecular complexity index is 689. The topological polar surface area (TPSA) is 58.9 Å². The van der Waals surface area contributed by atoms with Gasteiger partial charge in [-0.1, -0.05) is 17.7 Å². The van der Waals surface area contributed by atoms with E-state index < -0.39 is 5.60 Å². The highest BCUT2D eigenvalue weighted by Gasteiger charge is 2.52. The minimum absolute atomic E-state index is 0.0919. The largest absolute Gasteiger partial charge is 0.508 e. The third kappa shape index (κ3) is 3.91. The molecule has 2 N–H and O–H groups in total. The van der Waals surface area contributed by atoms with Crippen molar-refractivity contribution in [2.24, 2.45) is 0 Å². The van der Waals surface area contributed by atoms with Crippen molar-refractivity contribution in [2.45, 2.75) is 63.8 Å². The maximum atomic E-state index is 9.92. The zero-order valence-corrected chi connectivity index (χ0v) is 15.3. The van der Waals surface area contributed by atoms with E-state index in [1.807, 2.05) is 12.2 Å². The fourth-order valence-corrected chi connectivity index (χ4v) is 3.66. The molecular weight excluding hydrogens is 316 g/mol. The fourth-order valence-electron chi connectivity index (χ4n) is 3.66. The Morgan fingerprint density at radius 3 is 2.88 bits per heavy atom. The molecule has 0 spiro atoms. The second-order valence-corrected chi connectivity index (χ2v) is 7.71. The third-order valence-electron chi connectivity index (χ3n) is 5.31. The van der Waals surface area contributed by atoms with Crippen molar-refractivity contribution in [1.82, 2.24) is 0 Å². The first kappa shape index (κ1) is 18.0. The van der Waals surface area contributed by atoms with Crippen molar-refractivity contribution >= 4 is 6.08 Å². The summed E-state index contributed by atoms with van der Waals surface area (Å²) in [4.78, 5) is 0. The van der Waals surface area contributed by atoms with Crippen LogP contribution in [0.4, 0.5) is 0 Å². The number of hydrogen-bond acceptors (Lipinski definition) is 4. The Labute approximate surface area is 149 Å². The highest BCUT2D eigenvalue weighted by Crippen LogP contribution is 2.45. The van der Waals surface area contributed by atoms with Gasteiger partial charge in [0.15, 0.2) is 0 Å². The first-order valence-electron chi connectivity index (χ1n) is 8.98. The van der Waals surface area contributed by atoms with E-state index in [4.69, 9.17) is 9.47 Å². The van der Waals surface area contributed by atoms with Crippen LogP contribution in [-0.4, -0.2) is 34.1 Å². The first-order valence-corrected chi connectivity index (χ1v) is 8.98. The van der Waals surface area contributed by atoms with Gasteiger partial charge in [0, 0.05) is 5.56 Å². The second kappa shape index (κ2) is 6.85. The number of aromatic hydroxyl groups is 2. The Hall–Kier alpha value is -1.78. The molecule has 0 amide bonds. The van der Waals surface area contributed by atoms with E-state index in [0.29, 0.717) is 12.2 Å². The van der Waals surface area contributed by atoms with Crippen LogP contribution < -0.4 is 0 Å². The lowest BCUT2D eigenvalue weighted by Crippen LogP contribution is -2.51. The summed E-state index contributed by atoms with van der Waals surface area (Å²) < 4.78 is 12.6. The summed E-state index contributed by atoms with van der Waals surface area (Å²) in [6.07, 6.45) is 9.96. The molecule has 3 unspecified atom stereocenters. The molecule has 1 aromatic rings. The van der Waals surface area contributed by atoms with Crippen LogP contribution in [0, 0.1) is 0 Å². The molecular formula is C21H28O4. The van der Waals surface area contributed by atoms with Crippen LogP contribution in [0.25, 0.3) is 6.08 Å². The van der Waals surface area contributed by atoms with E-state index in [-0.39, 0.29) is 23.2 Å². The minimum atomic E-state index is -0.432. The number of hydrogen-bond donors (Lipinski definition) is 2. The standard InChI is InChI=1S/C21H28O4/c1-15(2)5-4-10-20(3)19-9-12-21(25-19,14-24-20)11-8-16-13-17(22)6-7-18(16)23/h5-8,11,13,19,22-23H,4,9-10,12,14H2,1-3H3. The van der Waals surface area contributed by atoms with Gasteiger partial charge in [0.05, 0.1) is 18.3 Å². The Morgan fingerprint density at radius 1 is 1.32 bits per heavy atom. The van der Waals surface area contributed by atoms with E-state index in [1.165, 1.54) is 17.7 Å². The van der Waals surface area contributed by atoms with Crippen LogP contribution in [-0.2, 0) is 9.47 Å². The van der Waals surface area contributed by atoms with Crippen LogP contribution in [0.1, 0.15) is 52.0 Å².